The maximum Gasteiger partial charge on any atom is 0.336 e. The molecule has 1 unspecified atom stereocenters. The number of ether oxygens (including phenoxy) is 2. The Kier molecular flexibility index (Phi) is 6.86. The van der Waals surface area contributed by atoms with Crippen LogP contribution in [0, 0.1) is 10.1 Å². The molecule has 1 aliphatic heterocycles. The largest absolute Gasteiger partial charge is 0.466 e. The van der Waals surface area contributed by atoms with Gasteiger partial charge in [-0.25, -0.2) is 9.59 Å². The Morgan fingerprint density at radius 2 is 1.70 bits per heavy atom. The summed E-state index contributed by atoms with van der Waals surface area (Å²) < 4.78 is 10.6. The second kappa shape index (κ2) is 8.82. The minimum Gasteiger partial charge on any atom is -0.466 e. The van der Waals surface area contributed by atoms with E-state index in [0.717, 1.165) is 0 Å². The van der Waals surface area contributed by atoms with Gasteiger partial charge in [-0.05, 0) is 19.4 Å². The predicted octanol–water partition coefficient (Wildman–Crippen LogP) is 3.77. The van der Waals surface area contributed by atoms with E-state index in [0.29, 0.717) is 23.2 Å². The Hall–Kier alpha value is -2.94. The van der Waals surface area contributed by atoms with Gasteiger partial charge in [-0.2, -0.15) is 0 Å². The maximum atomic E-state index is 13.2. The molecule has 0 amide bonds. The Morgan fingerprint density at radius 1 is 1.13 bits per heavy atom. The fraction of sp³-hybridized carbons (Fsp3) is 0.429. The van der Waals surface area contributed by atoms with Crippen molar-refractivity contribution in [1.82, 2.24) is 4.90 Å². The average Bonchev–Trinajstić information content (AvgIpc) is 2.69. The first-order valence-electron chi connectivity index (χ1n) is 9.54. The molecule has 1 aliphatic rings. The van der Waals surface area contributed by atoms with E-state index in [-0.39, 0.29) is 16.8 Å². The van der Waals surface area contributed by atoms with Gasteiger partial charge in [-0.3, -0.25) is 10.1 Å². The molecule has 1 heterocycles. The molecule has 0 N–H and O–H groups in total. The summed E-state index contributed by atoms with van der Waals surface area (Å²) in [5.41, 5.74) is 2.10. The summed E-state index contributed by atoms with van der Waals surface area (Å²) in [6.45, 7) is 9.76. The lowest BCUT2D eigenvalue weighted by molar-refractivity contribution is -0.384. The number of nitro benzene ring substituents is 1. The third-order valence-corrected chi connectivity index (χ3v) is 6.05. The van der Waals surface area contributed by atoms with E-state index in [2.05, 4.69) is 19.6 Å². The normalized spacial score (nSPS) is 17.2. The molecule has 30 heavy (non-hydrogen) atoms. The number of non-ortho nitro benzene ring substituents is 1. The quantitative estimate of drug-likeness (QED) is 0.292. The molecule has 0 fully saturated rings. The molecule has 0 radical (unpaired) electrons. The first kappa shape index (κ1) is 23.3. The zero-order valence-electron chi connectivity index (χ0n) is 18.4. The van der Waals surface area contributed by atoms with Gasteiger partial charge in [0.15, 0.2) is 0 Å². The first-order chi connectivity index (χ1) is 13.9. The zero-order chi connectivity index (χ0) is 22.8. The molecule has 9 heteroatoms. The standard InChI is InChI=1S/C21H28N2O6Si/c1-13-17(20(24)28-4)19(15-9-8-10-16(11-15)23(26)27)18(14(2)22(13)3)21(25)29-12-30(5,6)7/h8-11,19H,12H2,1-7H3. The zero-order valence-corrected chi connectivity index (χ0v) is 19.4. The summed E-state index contributed by atoms with van der Waals surface area (Å²) in [6.07, 6.45) is 0.324. The van der Waals surface area contributed by atoms with Gasteiger partial charge in [0.25, 0.3) is 5.69 Å². The van der Waals surface area contributed by atoms with Crippen molar-refractivity contribution in [2.45, 2.75) is 39.4 Å². The van der Waals surface area contributed by atoms with Gasteiger partial charge in [0.05, 0.1) is 43.4 Å². The monoisotopic (exact) mass is 432 g/mol. The molecule has 8 nitrogen and oxygen atoms in total. The van der Waals surface area contributed by atoms with Crippen LogP contribution in [0.25, 0.3) is 0 Å². The summed E-state index contributed by atoms with van der Waals surface area (Å²) in [5, 5.41) is 11.3. The highest BCUT2D eigenvalue weighted by molar-refractivity contribution is 6.76. The second-order valence-corrected chi connectivity index (χ2v) is 13.9. The molecule has 0 bridgehead atoms. The smallest absolute Gasteiger partial charge is 0.336 e. The molecule has 0 aliphatic carbocycles. The molecule has 0 spiro atoms. The molecule has 0 saturated heterocycles. The van der Waals surface area contributed by atoms with Gasteiger partial charge in [0.1, 0.15) is 0 Å². The van der Waals surface area contributed by atoms with Crippen molar-refractivity contribution in [3.8, 4) is 0 Å². The number of esters is 2. The number of nitro groups is 1. The van der Waals surface area contributed by atoms with Crippen LogP contribution in [0.4, 0.5) is 5.69 Å². The molecule has 162 valence electrons. The number of rotatable bonds is 6. The molecule has 0 aromatic heterocycles. The fourth-order valence-corrected chi connectivity index (χ4v) is 3.89. The minimum absolute atomic E-state index is 0.124. The second-order valence-electron chi connectivity index (χ2n) is 8.47. The first-order valence-corrected chi connectivity index (χ1v) is 13.2. The maximum absolute atomic E-state index is 13.2. The average molecular weight is 433 g/mol. The highest BCUT2D eigenvalue weighted by Crippen LogP contribution is 2.42. The van der Waals surface area contributed by atoms with E-state index in [4.69, 9.17) is 9.47 Å². The number of hydrogen-bond donors (Lipinski definition) is 0. The number of methoxy groups -OCH3 is 1. The van der Waals surface area contributed by atoms with E-state index < -0.39 is 30.9 Å². The van der Waals surface area contributed by atoms with Crippen molar-refractivity contribution < 1.29 is 24.0 Å². The molecule has 1 atom stereocenters. The van der Waals surface area contributed by atoms with Crippen LogP contribution in [0.2, 0.25) is 19.6 Å². The van der Waals surface area contributed by atoms with Crippen LogP contribution in [0.15, 0.2) is 46.8 Å². The summed E-state index contributed by atoms with van der Waals surface area (Å²) in [4.78, 5) is 38.4. The van der Waals surface area contributed by atoms with Crippen molar-refractivity contribution in [3.05, 3.63) is 62.5 Å². The van der Waals surface area contributed by atoms with Crippen LogP contribution in [0.1, 0.15) is 25.3 Å². The van der Waals surface area contributed by atoms with Crippen molar-refractivity contribution in [3.63, 3.8) is 0 Å². The SMILES string of the molecule is COC(=O)C1=C(C)N(C)C(C)=C(C(=O)OC[Si](C)(C)C)C1c1cccc([N+](=O)[O-])c1. The Balaban J connectivity index is 2.69. The van der Waals surface area contributed by atoms with Crippen LogP contribution >= 0.6 is 0 Å². The van der Waals surface area contributed by atoms with Crippen molar-refractivity contribution in [2.24, 2.45) is 0 Å². The summed E-state index contributed by atoms with van der Waals surface area (Å²) in [5.74, 6) is -1.96. The van der Waals surface area contributed by atoms with E-state index >= 15 is 0 Å². The highest BCUT2D eigenvalue weighted by Gasteiger charge is 2.40. The van der Waals surface area contributed by atoms with Gasteiger partial charge in [-0.15, -0.1) is 0 Å². The molecule has 2 rings (SSSR count). The minimum atomic E-state index is -1.68. The van der Waals surface area contributed by atoms with Crippen molar-refractivity contribution >= 4 is 25.7 Å². The van der Waals surface area contributed by atoms with Gasteiger partial charge >= 0.3 is 11.9 Å². The number of allylic oxidation sites excluding steroid dienone is 2. The van der Waals surface area contributed by atoms with Crippen LogP contribution in [0.5, 0.6) is 0 Å². The number of carbonyl (C=O) groups excluding carboxylic acids is 2. The van der Waals surface area contributed by atoms with Gasteiger partial charge in [-0.1, -0.05) is 31.8 Å². The van der Waals surface area contributed by atoms with Gasteiger partial charge in [0.2, 0.25) is 0 Å². The molecular weight excluding hydrogens is 404 g/mol. The van der Waals surface area contributed by atoms with Crippen molar-refractivity contribution in [1.29, 1.82) is 0 Å². The van der Waals surface area contributed by atoms with Gasteiger partial charge in [0, 0.05) is 30.6 Å². The van der Waals surface area contributed by atoms with Crippen LogP contribution in [-0.2, 0) is 19.1 Å². The predicted molar refractivity (Wildman–Crippen MR) is 115 cm³/mol. The van der Waals surface area contributed by atoms with Gasteiger partial charge < -0.3 is 14.4 Å². The number of benzene rings is 1. The highest BCUT2D eigenvalue weighted by atomic mass is 28.3. The Bertz CT molecular complexity index is 945. The lowest BCUT2D eigenvalue weighted by Crippen LogP contribution is -2.35. The van der Waals surface area contributed by atoms with Crippen LogP contribution in [0.3, 0.4) is 0 Å². The number of nitrogens with zero attached hydrogens (tertiary/aromatic N) is 2. The number of carbonyl (C=O) groups is 2. The van der Waals surface area contributed by atoms with E-state index in [9.17, 15) is 19.7 Å². The summed E-state index contributed by atoms with van der Waals surface area (Å²) in [7, 11) is 1.34. The third kappa shape index (κ3) is 4.78. The molecule has 0 saturated carbocycles. The van der Waals surface area contributed by atoms with E-state index in [1.807, 2.05) is 0 Å². The molecule has 1 aromatic carbocycles. The third-order valence-electron chi connectivity index (χ3n) is 5.04. The molecule has 1 aromatic rings. The summed E-state index contributed by atoms with van der Waals surface area (Å²) >= 11 is 0. The number of hydrogen-bond acceptors (Lipinski definition) is 7. The Morgan fingerprint density at radius 3 is 2.20 bits per heavy atom. The van der Waals surface area contributed by atoms with Crippen molar-refractivity contribution in [2.75, 3.05) is 20.4 Å². The van der Waals surface area contributed by atoms with Crippen LogP contribution in [-0.4, -0.2) is 50.2 Å². The molecular formula is C21H28N2O6Si. The lowest BCUT2D eigenvalue weighted by Gasteiger charge is -2.35. The van der Waals surface area contributed by atoms with E-state index in [1.165, 1.54) is 25.3 Å². The summed E-state index contributed by atoms with van der Waals surface area (Å²) in [6, 6.07) is 5.95. The van der Waals surface area contributed by atoms with E-state index in [1.54, 1.807) is 31.9 Å². The Labute approximate surface area is 177 Å². The lowest BCUT2D eigenvalue weighted by atomic mass is 9.79. The van der Waals surface area contributed by atoms with Crippen LogP contribution < -0.4 is 0 Å². The topological polar surface area (TPSA) is 99.0 Å². The fourth-order valence-electron chi connectivity index (χ4n) is 3.33.